The summed E-state index contributed by atoms with van der Waals surface area (Å²) in [4.78, 5) is 13.9. The zero-order valence-corrected chi connectivity index (χ0v) is 12.6. The molecule has 0 aromatic heterocycles. The van der Waals surface area contributed by atoms with Crippen LogP contribution in [0, 0.1) is 11.8 Å². The number of quaternary nitrogens is 2. The molecular formula is C16H30N2O2+2. The normalized spacial score (nSPS) is 35.3. The standard InChI is InChI=1S/C16H28N2O2/c19-16(13-6-8-17-9-7-13)20-12-14-4-3-11-18-10-2-1-5-15(14)18/h13-15,17H,1-12H2/p+2/t14-,15+/m1/s1. The maximum atomic E-state index is 12.2. The number of hydrogen-bond donors (Lipinski definition) is 2. The van der Waals surface area contributed by atoms with Gasteiger partial charge in [0.25, 0.3) is 0 Å². The predicted molar refractivity (Wildman–Crippen MR) is 76.4 cm³/mol. The molecule has 20 heavy (non-hydrogen) atoms. The van der Waals surface area contributed by atoms with Gasteiger partial charge in [-0.1, -0.05) is 0 Å². The quantitative estimate of drug-likeness (QED) is 0.676. The second-order valence-corrected chi connectivity index (χ2v) is 6.93. The van der Waals surface area contributed by atoms with Crippen molar-refractivity contribution in [3.63, 3.8) is 0 Å². The van der Waals surface area contributed by atoms with Gasteiger partial charge >= 0.3 is 5.97 Å². The van der Waals surface area contributed by atoms with Gasteiger partial charge in [0, 0.05) is 18.8 Å². The first-order valence-electron chi connectivity index (χ1n) is 8.67. The van der Waals surface area contributed by atoms with E-state index in [0.717, 1.165) is 32.0 Å². The number of fused-ring (bicyclic) bond motifs is 1. The van der Waals surface area contributed by atoms with E-state index >= 15 is 0 Å². The highest BCUT2D eigenvalue weighted by molar-refractivity contribution is 5.72. The van der Waals surface area contributed by atoms with E-state index in [1.165, 1.54) is 45.2 Å². The summed E-state index contributed by atoms with van der Waals surface area (Å²) in [7, 11) is 0. The highest BCUT2D eigenvalue weighted by Gasteiger charge is 2.37. The van der Waals surface area contributed by atoms with Crippen molar-refractivity contribution in [2.75, 3.05) is 32.8 Å². The highest BCUT2D eigenvalue weighted by atomic mass is 16.5. The molecule has 0 spiro atoms. The Hall–Kier alpha value is -0.610. The average Bonchev–Trinajstić information content (AvgIpc) is 2.53. The molecule has 4 heteroatoms. The number of carbonyl (C=O) groups excluding carboxylic acids is 1. The lowest BCUT2D eigenvalue weighted by Gasteiger charge is -2.41. The van der Waals surface area contributed by atoms with Crippen LogP contribution in [0.15, 0.2) is 0 Å². The monoisotopic (exact) mass is 282 g/mol. The van der Waals surface area contributed by atoms with E-state index in [2.05, 4.69) is 5.32 Å². The van der Waals surface area contributed by atoms with Crippen molar-refractivity contribution in [3.05, 3.63) is 0 Å². The predicted octanol–water partition coefficient (Wildman–Crippen LogP) is -0.650. The zero-order chi connectivity index (χ0) is 13.8. The van der Waals surface area contributed by atoms with Crippen molar-refractivity contribution in [2.24, 2.45) is 11.8 Å². The smallest absolute Gasteiger partial charge is 0.309 e. The summed E-state index contributed by atoms with van der Waals surface area (Å²) in [5, 5.41) is 2.30. The number of esters is 1. The summed E-state index contributed by atoms with van der Waals surface area (Å²) in [5.74, 6) is 0.887. The molecule has 3 aliphatic heterocycles. The molecular weight excluding hydrogens is 252 g/mol. The van der Waals surface area contributed by atoms with E-state index in [1.807, 2.05) is 0 Å². The third kappa shape index (κ3) is 3.34. The fourth-order valence-corrected chi connectivity index (χ4v) is 4.45. The fourth-order valence-electron chi connectivity index (χ4n) is 4.45. The van der Waals surface area contributed by atoms with Crippen molar-refractivity contribution < 1.29 is 19.7 Å². The maximum absolute atomic E-state index is 12.2. The van der Waals surface area contributed by atoms with E-state index in [9.17, 15) is 4.79 Å². The van der Waals surface area contributed by atoms with Gasteiger partial charge in [0.05, 0.1) is 44.7 Å². The lowest BCUT2D eigenvalue weighted by Crippen LogP contribution is -3.18. The number of hydrogen-bond acceptors (Lipinski definition) is 2. The number of piperidine rings is 3. The van der Waals surface area contributed by atoms with Crippen LogP contribution in [0.25, 0.3) is 0 Å². The Kier molecular flexibility index (Phi) is 4.94. The maximum Gasteiger partial charge on any atom is 0.309 e. The van der Waals surface area contributed by atoms with Gasteiger partial charge in [-0.05, 0) is 32.1 Å². The molecule has 0 saturated carbocycles. The molecule has 1 unspecified atom stereocenters. The van der Waals surface area contributed by atoms with Gasteiger partial charge in [0.2, 0.25) is 0 Å². The number of nitrogens with two attached hydrogens (primary N) is 1. The Morgan fingerprint density at radius 1 is 1.05 bits per heavy atom. The lowest BCUT2D eigenvalue weighted by atomic mass is 9.84. The minimum absolute atomic E-state index is 0.0843. The third-order valence-electron chi connectivity index (χ3n) is 5.64. The Morgan fingerprint density at radius 2 is 1.85 bits per heavy atom. The molecule has 3 saturated heterocycles. The Labute approximate surface area is 122 Å². The zero-order valence-electron chi connectivity index (χ0n) is 12.6. The van der Waals surface area contributed by atoms with Crippen LogP contribution in [-0.2, 0) is 9.53 Å². The summed E-state index contributed by atoms with van der Waals surface area (Å²) in [6, 6.07) is 0.769. The molecule has 0 aromatic carbocycles. The second kappa shape index (κ2) is 6.90. The number of carbonyl (C=O) groups is 1. The van der Waals surface area contributed by atoms with E-state index < -0.39 is 0 Å². The van der Waals surface area contributed by atoms with E-state index in [4.69, 9.17) is 4.74 Å². The van der Waals surface area contributed by atoms with E-state index in [0.29, 0.717) is 12.5 Å². The van der Waals surface area contributed by atoms with Crippen molar-refractivity contribution >= 4 is 5.97 Å². The summed E-state index contributed by atoms with van der Waals surface area (Å²) in [5.41, 5.74) is 0. The number of ether oxygens (including phenoxy) is 1. The van der Waals surface area contributed by atoms with E-state index in [1.54, 1.807) is 4.90 Å². The molecule has 3 aliphatic rings. The lowest BCUT2D eigenvalue weighted by molar-refractivity contribution is -0.940. The average molecular weight is 282 g/mol. The molecule has 3 N–H and O–H groups in total. The topological polar surface area (TPSA) is 47.4 Å². The van der Waals surface area contributed by atoms with Gasteiger partial charge in [-0.25, -0.2) is 0 Å². The molecule has 0 amide bonds. The van der Waals surface area contributed by atoms with Gasteiger partial charge in [0.1, 0.15) is 0 Å². The molecule has 3 atom stereocenters. The van der Waals surface area contributed by atoms with Crippen LogP contribution in [0.5, 0.6) is 0 Å². The van der Waals surface area contributed by atoms with Crippen molar-refractivity contribution in [3.8, 4) is 0 Å². The van der Waals surface area contributed by atoms with Crippen LogP contribution in [0.2, 0.25) is 0 Å². The van der Waals surface area contributed by atoms with Crippen LogP contribution >= 0.6 is 0 Å². The molecule has 0 radical (unpaired) electrons. The first kappa shape index (κ1) is 14.3. The summed E-state index contributed by atoms with van der Waals surface area (Å²) in [6.45, 7) is 5.54. The molecule has 3 heterocycles. The van der Waals surface area contributed by atoms with Crippen molar-refractivity contribution in [1.29, 1.82) is 0 Å². The van der Waals surface area contributed by atoms with Crippen LogP contribution in [0.3, 0.4) is 0 Å². The van der Waals surface area contributed by atoms with E-state index in [-0.39, 0.29) is 11.9 Å². The fraction of sp³-hybridized carbons (Fsp3) is 0.938. The second-order valence-electron chi connectivity index (χ2n) is 6.93. The largest absolute Gasteiger partial charge is 0.465 e. The summed E-state index contributed by atoms with van der Waals surface area (Å²) >= 11 is 0. The van der Waals surface area contributed by atoms with Crippen LogP contribution in [0.1, 0.15) is 44.9 Å². The van der Waals surface area contributed by atoms with Gasteiger partial charge in [-0.2, -0.15) is 0 Å². The molecule has 4 nitrogen and oxygen atoms in total. The SMILES string of the molecule is O=C(OC[C@H]1CCC[NH+]2CCCC[C@@H]12)C1CC[NH2+]CC1. The molecule has 0 aliphatic carbocycles. The van der Waals surface area contributed by atoms with Crippen molar-refractivity contribution in [2.45, 2.75) is 51.0 Å². The Bertz CT molecular complexity index is 326. The molecule has 0 bridgehead atoms. The number of rotatable bonds is 3. The minimum atomic E-state index is 0.0843. The van der Waals surface area contributed by atoms with Crippen LogP contribution < -0.4 is 10.2 Å². The Balaban J connectivity index is 1.48. The molecule has 114 valence electrons. The number of nitrogens with one attached hydrogen (secondary N) is 1. The highest BCUT2D eigenvalue weighted by Crippen LogP contribution is 2.21. The molecule has 0 aromatic rings. The minimum Gasteiger partial charge on any atom is -0.465 e. The summed E-state index contributed by atoms with van der Waals surface area (Å²) < 4.78 is 5.70. The van der Waals surface area contributed by atoms with Gasteiger partial charge < -0.3 is 15.0 Å². The first-order valence-corrected chi connectivity index (χ1v) is 8.67. The van der Waals surface area contributed by atoms with Gasteiger partial charge in [0.15, 0.2) is 0 Å². The molecule has 3 rings (SSSR count). The first-order chi connectivity index (χ1) is 9.84. The van der Waals surface area contributed by atoms with Gasteiger partial charge in [-0.3, -0.25) is 4.79 Å². The Morgan fingerprint density at radius 3 is 2.70 bits per heavy atom. The third-order valence-corrected chi connectivity index (χ3v) is 5.64. The van der Waals surface area contributed by atoms with Crippen molar-refractivity contribution in [1.82, 2.24) is 0 Å². The summed E-state index contributed by atoms with van der Waals surface area (Å²) in [6.07, 6.45) is 8.69. The molecule has 3 fully saturated rings. The van der Waals surface area contributed by atoms with Crippen LogP contribution in [0.4, 0.5) is 0 Å². The van der Waals surface area contributed by atoms with Gasteiger partial charge in [-0.15, -0.1) is 0 Å². The van der Waals surface area contributed by atoms with Crippen LogP contribution in [-0.4, -0.2) is 44.8 Å².